The second-order valence-electron chi connectivity index (χ2n) is 3.78. The molecule has 1 atom stereocenters. The van der Waals surface area contributed by atoms with Crippen molar-refractivity contribution in [1.82, 2.24) is 5.32 Å². The summed E-state index contributed by atoms with van der Waals surface area (Å²) in [6.45, 7) is 2.17. The van der Waals surface area contributed by atoms with Crippen molar-refractivity contribution in [2.75, 3.05) is 12.8 Å². The summed E-state index contributed by atoms with van der Waals surface area (Å²) in [5.74, 6) is 1.11. The molecule has 2 aromatic rings. The normalized spacial score (nSPS) is 12.6. The van der Waals surface area contributed by atoms with Crippen molar-refractivity contribution in [1.29, 1.82) is 0 Å². The van der Waals surface area contributed by atoms with E-state index in [2.05, 4.69) is 36.5 Å². The van der Waals surface area contributed by atoms with E-state index >= 15 is 0 Å². The third-order valence-electron chi connectivity index (χ3n) is 2.69. The largest absolute Gasteiger partial charge is 0.472 e. The number of benzene rings is 1. The molecule has 17 heavy (non-hydrogen) atoms. The van der Waals surface area contributed by atoms with Gasteiger partial charge in [0.25, 0.3) is 0 Å². The van der Waals surface area contributed by atoms with Crippen LogP contribution in [-0.4, -0.2) is 12.8 Å². The molecule has 0 aliphatic rings. The molecular formula is C14H17NOS. The van der Waals surface area contributed by atoms with Crippen molar-refractivity contribution >= 4 is 11.8 Å². The minimum atomic E-state index is 0.203. The summed E-state index contributed by atoms with van der Waals surface area (Å²) in [7, 11) is 1.96. The first-order valence-corrected chi connectivity index (χ1v) is 6.75. The summed E-state index contributed by atoms with van der Waals surface area (Å²) in [6, 6.07) is 10.9. The smallest absolute Gasteiger partial charge is 0.0953 e. The van der Waals surface area contributed by atoms with Crippen LogP contribution in [0, 0.1) is 0 Å². The van der Waals surface area contributed by atoms with E-state index < -0.39 is 0 Å². The zero-order valence-electron chi connectivity index (χ0n) is 10.1. The molecule has 0 spiro atoms. The first-order chi connectivity index (χ1) is 8.35. The number of nitrogens with one attached hydrogen (secondary N) is 1. The fourth-order valence-corrected chi connectivity index (χ4v) is 2.55. The van der Waals surface area contributed by atoms with Crippen molar-refractivity contribution in [3.05, 3.63) is 54.0 Å². The van der Waals surface area contributed by atoms with Crippen molar-refractivity contribution in [2.45, 2.75) is 17.9 Å². The van der Waals surface area contributed by atoms with E-state index in [1.807, 2.05) is 24.9 Å². The molecule has 2 rings (SSSR count). The van der Waals surface area contributed by atoms with E-state index in [9.17, 15) is 0 Å². The number of rotatable bonds is 5. The van der Waals surface area contributed by atoms with Gasteiger partial charge in [0.05, 0.1) is 18.6 Å². The lowest BCUT2D eigenvalue weighted by atomic mass is 10.0. The van der Waals surface area contributed by atoms with Gasteiger partial charge in [-0.05, 0) is 36.6 Å². The quantitative estimate of drug-likeness (QED) is 0.816. The molecule has 0 aliphatic heterocycles. The third-order valence-corrected chi connectivity index (χ3v) is 3.58. The molecule has 90 valence electrons. The van der Waals surface area contributed by atoms with Gasteiger partial charge in [-0.25, -0.2) is 0 Å². The maximum Gasteiger partial charge on any atom is 0.0953 e. The molecule has 0 saturated carbocycles. The highest BCUT2D eigenvalue weighted by Gasteiger charge is 2.12. The third kappa shape index (κ3) is 2.93. The molecule has 0 saturated heterocycles. The van der Waals surface area contributed by atoms with Gasteiger partial charge in [-0.1, -0.05) is 19.1 Å². The van der Waals surface area contributed by atoms with Crippen LogP contribution < -0.4 is 5.32 Å². The van der Waals surface area contributed by atoms with E-state index in [1.54, 1.807) is 12.5 Å². The monoisotopic (exact) mass is 247 g/mol. The van der Waals surface area contributed by atoms with Crippen LogP contribution in [0.4, 0.5) is 0 Å². The Balaban J connectivity index is 2.20. The molecule has 0 amide bonds. The van der Waals surface area contributed by atoms with E-state index in [0.717, 1.165) is 11.3 Å². The second-order valence-corrected chi connectivity index (χ2v) is 5.12. The Kier molecular flexibility index (Phi) is 4.29. The van der Waals surface area contributed by atoms with Crippen LogP contribution in [-0.2, 0) is 0 Å². The van der Waals surface area contributed by atoms with Gasteiger partial charge in [-0.3, -0.25) is 0 Å². The number of thioether (sulfide) groups is 1. The second kappa shape index (κ2) is 5.94. The lowest BCUT2D eigenvalue weighted by molar-refractivity contribution is 0.557. The molecule has 1 aromatic carbocycles. The average Bonchev–Trinajstić information content (AvgIpc) is 2.86. The van der Waals surface area contributed by atoms with Crippen molar-refractivity contribution in [2.24, 2.45) is 0 Å². The summed E-state index contributed by atoms with van der Waals surface area (Å²) in [4.78, 5) is 1.32. The van der Waals surface area contributed by atoms with Crippen LogP contribution in [0.5, 0.6) is 0 Å². The highest BCUT2D eigenvalue weighted by molar-refractivity contribution is 7.99. The summed E-state index contributed by atoms with van der Waals surface area (Å²) in [6.07, 6.45) is 3.50. The van der Waals surface area contributed by atoms with E-state index in [-0.39, 0.29) is 6.04 Å². The maximum atomic E-state index is 5.14. The van der Waals surface area contributed by atoms with Crippen molar-refractivity contribution in [3.8, 4) is 0 Å². The summed E-state index contributed by atoms with van der Waals surface area (Å²) in [5.41, 5.74) is 2.41. The van der Waals surface area contributed by atoms with Crippen LogP contribution in [0.1, 0.15) is 24.1 Å². The molecule has 2 nitrogen and oxygen atoms in total. The van der Waals surface area contributed by atoms with Crippen molar-refractivity contribution < 1.29 is 4.42 Å². The SMILES string of the molecule is CCSc1ccc(C(NC)c2ccoc2)cc1. The van der Waals surface area contributed by atoms with Gasteiger partial charge in [0.15, 0.2) is 0 Å². The van der Waals surface area contributed by atoms with Gasteiger partial charge in [-0.2, -0.15) is 0 Å². The Bertz CT molecular complexity index is 436. The van der Waals surface area contributed by atoms with Gasteiger partial charge in [-0.15, -0.1) is 11.8 Å². The first kappa shape index (κ1) is 12.3. The molecule has 1 N–H and O–H groups in total. The van der Waals surface area contributed by atoms with Crippen molar-refractivity contribution in [3.63, 3.8) is 0 Å². The van der Waals surface area contributed by atoms with Crippen LogP contribution in [0.2, 0.25) is 0 Å². The van der Waals surface area contributed by atoms with Gasteiger partial charge < -0.3 is 9.73 Å². The zero-order valence-corrected chi connectivity index (χ0v) is 11.0. The highest BCUT2D eigenvalue weighted by atomic mass is 32.2. The molecule has 1 heterocycles. The minimum Gasteiger partial charge on any atom is -0.472 e. The highest BCUT2D eigenvalue weighted by Crippen LogP contribution is 2.25. The molecule has 0 fully saturated rings. The predicted molar refractivity (Wildman–Crippen MR) is 72.5 cm³/mol. The van der Waals surface area contributed by atoms with Gasteiger partial charge in [0.2, 0.25) is 0 Å². The van der Waals surface area contributed by atoms with Gasteiger partial charge in [0, 0.05) is 10.5 Å². The Hall–Kier alpha value is -1.19. The number of hydrogen-bond acceptors (Lipinski definition) is 3. The molecule has 0 aliphatic carbocycles. The maximum absolute atomic E-state index is 5.14. The fourth-order valence-electron chi connectivity index (χ4n) is 1.89. The molecule has 0 radical (unpaired) electrons. The summed E-state index contributed by atoms with van der Waals surface area (Å²) in [5, 5.41) is 3.31. The van der Waals surface area contributed by atoms with Crippen LogP contribution >= 0.6 is 11.8 Å². The molecule has 1 unspecified atom stereocenters. The zero-order chi connectivity index (χ0) is 12.1. The predicted octanol–water partition coefficient (Wildman–Crippen LogP) is 3.70. The minimum absolute atomic E-state index is 0.203. The van der Waals surface area contributed by atoms with E-state index in [4.69, 9.17) is 4.42 Å². The molecule has 1 aromatic heterocycles. The molecular weight excluding hydrogens is 230 g/mol. The number of furan rings is 1. The first-order valence-electron chi connectivity index (χ1n) is 5.77. The topological polar surface area (TPSA) is 25.2 Å². The van der Waals surface area contributed by atoms with E-state index in [1.165, 1.54) is 10.5 Å². The summed E-state index contributed by atoms with van der Waals surface area (Å²) >= 11 is 1.86. The van der Waals surface area contributed by atoms with Crippen LogP contribution in [0.3, 0.4) is 0 Å². The Morgan fingerprint density at radius 3 is 2.47 bits per heavy atom. The Morgan fingerprint density at radius 1 is 1.18 bits per heavy atom. The molecule has 0 bridgehead atoms. The molecule has 3 heteroatoms. The Labute approximate surface area is 106 Å². The van der Waals surface area contributed by atoms with Gasteiger partial charge in [0.1, 0.15) is 0 Å². The lowest BCUT2D eigenvalue weighted by Crippen LogP contribution is -2.16. The van der Waals surface area contributed by atoms with Crippen LogP contribution in [0.25, 0.3) is 0 Å². The fraction of sp³-hybridized carbons (Fsp3) is 0.286. The summed E-state index contributed by atoms with van der Waals surface area (Å²) < 4.78 is 5.14. The van der Waals surface area contributed by atoms with Crippen LogP contribution in [0.15, 0.2) is 52.2 Å². The van der Waals surface area contributed by atoms with Gasteiger partial charge >= 0.3 is 0 Å². The average molecular weight is 247 g/mol. The Morgan fingerprint density at radius 2 is 1.94 bits per heavy atom. The number of hydrogen-bond donors (Lipinski definition) is 1. The standard InChI is InChI=1S/C14H17NOS/c1-3-17-13-6-4-11(5-7-13)14(15-2)12-8-9-16-10-12/h4-10,14-15H,3H2,1-2H3. The van der Waals surface area contributed by atoms with E-state index in [0.29, 0.717) is 0 Å². The lowest BCUT2D eigenvalue weighted by Gasteiger charge is -2.15.